The Bertz CT molecular complexity index is 1250. The lowest BCUT2D eigenvalue weighted by molar-refractivity contribution is 0.102. The first-order chi connectivity index (χ1) is 13.7. The van der Waals surface area contributed by atoms with Crippen LogP contribution in [0.5, 0.6) is 11.5 Å². The Hall–Kier alpha value is -3.12. The second-order valence-electron chi connectivity index (χ2n) is 6.76. The predicted octanol–water partition coefficient (Wildman–Crippen LogP) is 4.82. The van der Waals surface area contributed by atoms with Crippen molar-refractivity contribution in [3.05, 3.63) is 59.2 Å². The molecule has 1 aliphatic carbocycles. The van der Waals surface area contributed by atoms with E-state index in [0.717, 1.165) is 23.1 Å². The van der Waals surface area contributed by atoms with Crippen molar-refractivity contribution >= 4 is 43.4 Å². The van der Waals surface area contributed by atoms with E-state index in [1.54, 1.807) is 25.3 Å². The quantitative estimate of drug-likeness (QED) is 0.543. The van der Waals surface area contributed by atoms with E-state index in [2.05, 4.69) is 29.6 Å². The molecule has 6 heteroatoms. The van der Waals surface area contributed by atoms with Crippen molar-refractivity contribution in [1.82, 2.24) is 4.98 Å². The number of fused-ring (bicyclic) bond motifs is 2. The zero-order chi connectivity index (χ0) is 19.3. The van der Waals surface area contributed by atoms with Gasteiger partial charge in [0.1, 0.15) is 11.5 Å². The number of benzene rings is 3. The molecule has 0 saturated carbocycles. The summed E-state index contributed by atoms with van der Waals surface area (Å²) in [7, 11) is 3.11. The van der Waals surface area contributed by atoms with Crippen LogP contribution < -0.4 is 14.8 Å². The number of hydrogen-bond acceptors (Lipinski definition) is 5. The minimum atomic E-state index is -0.254. The number of nitrogens with zero attached hydrogens (tertiary/aromatic N) is 1. The number of carbonyl (C=O) groups is 1. The van der Waals surface area contributed by atoms with Crippen LogP contribution in [0.3, 0.4) is 0 Å². The highest BCUT2D eigenvalue weighted by Gasteiger charge is 2.20. The van der Waals surface area contributed by atoms with Crippen molar-refractivity contribution in [2.24, 2.45) is 0 Å². The van der Waals surface area contributed by atoms with Crippen molar-refractivity contribution in [2.75, 3.05) is 19.5 Å². The van der Waals surface area contributed by atoms with Crippen LogP contribution >= 0.6 is 11.3 Å². The van der Waals surface area contributed by atoms with E-state index in [0.29, 0.717) is 22.2 Å². The third-order valence-electron chi connectivity index (χ3n) is 5.22. The number of rotatable bonds is 4. The van der Waals surface area contributed by atoms with Crippen molar-refractivity contribution in [2.45, 2.75) is 12.8 Å². The second-order valence-corrected chi connectivity index (χ2v) is 7.79. The third kappa shape index (κ3) is 2.60. The number of amides is 1. The first-order valence-electron chi connectivity index (χ1n) is 9.05. The molecule has 0 aliphatic heterocycles. The van der Waals surface area contributed by atoms with E-state index in [9.17, 15) is 4.79 Å². The standard InChI is InChI=1S/C22H18N2O3S/c1-26-14-8-9-15(17(11-14)27-2)21(25)24-22-23-20-16-5-3-4-12-6-7-13(19(12)16)10-18(20)28-22/h3-5,8-11H,6-7H2,1-2H3,(H,23,24,25). The molecule has 0 atom stereocenters. The van der Waals surface area contributed by atoms with Crippen LogP contribution in [-0.4, -0.2) is 25.1 Å². The van der Waals surface area contributed by atoms with Gasteiger partial charge in [-0.05, 0) is 47.6 Å². The number of nitrogens with one attached hydrogen (secondary N) is 1. The molecular weight excluding hydrogens is 372 g/mol. The van der Waals surface area contributed by atoms with E-state index in [1.807, 2.05) is 0 Å². The molecule has 1 N–H and O–H groups in total. The minimum absolute atomic E-state index is 0.254. The summed E-state index contributed by atoms with van der Waals surface area (Å²) < 4.78 is 11.6. The largest absolute Gasteiger partial charge is 0.497 e. The fraction of sp³-hybridized carbons (Fsp3) is 0.182. The molecule has 28 heavy (non-hydrogen) atoms. The molecule has 0 bridgehead atoms. The highest BCUT2D eigenvalue weighted by atomic mass is 32.1. The Morgan fingerprint density at radius 3 is 2.75 bits per heavy atom. The molecule has 140 valence electrons. The van der Waals surface area contributed by atoms with E-state index < -0.39 is 0 Å². The molecule has 0 radical (unpaired) electrons. The Labute approximate surface area is 165 Å². The molecule has 0 saturated heterocycles. The van der Waals surface area contributed by atoms with E-state index >= 15 is 0 Å². The summed E-state index contributed by atoms with van der Waals surface area (Å²) in [6, 6.07) is 13.7. The Kier molecular flexibility index (Phi) is 3.94. The Morgan fingerprint density at radius 2 is 1.93 bits per heavy atom. The van der Waals surface area contributed by atoms with Gasteiger partial charge in [0.05, 0.1) is 30.0 Å². The Balaban J connectivity index is 1.53. The molecule has 5 nitrogen and oxygen atoms in total. The highest BCUT2D eigenvalue weighted by molar-refractivity contribution is 7.22. The van der Waals surface area contributed by atoms with Crippen LogP contribution in [0.4, 0.5) is 5.13 Å². The summed E-state index contributed by atoms with van der Waals surface area (Å²) in [5.74, 6) is 0.846. The summed E-state index contributed by atoms with van der Waals surface area (Å²) >= 11 is 1.50. The maximum Gasteiger partial charge on any atom is 0.261 e. The molecule has 0 fully saturated rings. The van der Waals surface area contributed by atoms with E-state index in [4.69, 9.17) is 14.5 Å². The fourth-order valence-corrected chi connectivity index (χ4v) is 4.85. The molecule has 0 spiro atoms. The van der Waals surface area contributed by atoms with Gasteiger partial charge in [0.15, 0.2) is 5.13 Å². The van der Waals surface area contributed by atoms with Gasteiger partial charge in [-0.2, -0.15) is 0 Å². The molecule has 1 amide bonds. The van der Waals surface area contributed by atoms with Gasteiger partial charge in [0.2, 0.25) is 0 Å². The minimum Gasteiger partial charge on any atom is -0.497 e. The number of ether oxygens (including phenoxy) is 2. The monoisotopic (exact) mass is 390 g/mol. The first kappa shape index (κ1) is 17.0. The van der Waals surface area contributed by atoms with Gasteiger partial charge in [0.25, 0.3) is 5.91 Å². The maximum absolute atomic E-state index is 12.8. The summed E-state index contributed by atoms with van der Waals surface area (Å²) in [5.41, 5.74) is 4.15. The Morgan fingerprint density at radius 1 is 1.07 bits per heavy atom. The van der Waals surface area contributed by atoms with Crippen molar-refractivity contribution < 1.29 is 14.3 Å². The molecular formula is C22H18N2O3S. The van der Waals surface area contributed by atoms with Gasteiger partial charge in [0, 0.05) is 11.5 Å². The van der Waals surface area contributed by atoms with Crippen LogP contribution in [0.15, 0.2) is 42.5 Å². The molecule has 5 rings (SSSR count). The number of aryl methyl sites for hydroxylation is 2. The average molecular weight is 390 g/mol. The lowest BCUT2D eigenvalue weighted by Crippen LogP contribution is -2.13. The van der Waals surface area contributed by atoms with Crippen molar-refractivity contribution in [3.63, 3.8) is 0 Å². The first-order valence-corrected chi connectivity index (χ1v) is 9.87. The van der Waals surface area contributed by atoms with Gasteiger partial charge in [-0.15, -0.1) is 0 Å². The van der Waals surface area contributed by atoms with Crippen LogP contribution in [0.2, 0.25) is 0 Å². The van der Waals surface area contributed by atoms with Crippen LogP contribution in [0.1, 0.15) is 21.5 Å². The van der Waals surface area contributed by atoms with E-state index in [-0.39, 0.29) is 5.91 Å². The third-order valence-corrected chi connectivity index (χ3v) is 6.14. The SMILES string of the molecule is COc1ccc(C(=O)Nc2nc3c(cc4c5c(cccc53)CC4)s2)c(OC)c1. The van der Waals surface area contributed by atoms with Gasteiger partial charge in [-0.3, -0.25) is 10.1 Å². The fourth-order valence-electron chi connectivity index (χ4n) is 3.91. The van der Waals surface area contributed by atoms with Crippen LogP contribution in [-0.2, 0) is 12.8 Å². The number of aromatic nitrogens is 1. The zero-order valence-electron chi connectivity index (χ0n) is 15.5. The molecule has 0 unspecified atom stereocenters. The lowest BCUT2D eigenvalue weighted by Gasteiger charge is -2.09. The predicted molar refractivity (Wildman–Crippen MR) is 112 cm³/mol. The molecule has 3 aromatic carbocycles. The van der Waals surface area contributed by atoms with Crippen LogP contribution in [0.25, 0.3) is 21.0 Å². The van der Waals surface area contributed by atoms with Gasteiger partial charge < -0.3 is 9.47 Å². The topological polar surface area (TPSA) is 60.5 Å². The average Bonchev–Trinajstić information content (AvgIpc) is 3.32. The van der Waals surface area contributed by atoms with Gasteiger partial charge in [-0.1, -0.05) is 29.5 Å². The summed E-state index contributed by atoms with van der Waals surface area (Å²) in [6.45, 7) is 0. The summed E-state index contributed by atoms with van der Waals surface area (Å²) in [6.07, 6.45) is 2.15. The van der Waals surface area contributed by atoms with Crippen molar-refractivity contribution in [1.29, 1.82) is 0 Å². The summed E-state index contributed by atoms with van der Waals surface area (Å²) in [5, 5.41) is 6.01. The van der Waals surface area contributed by atoms with Gasteiger partial charge >= 0.3 is 0 Å². The smallest absolute Gasteiger partial charge is 0.261 e. The second kappa shape index (κ2) is 6.49. The molecule has 4 aromatic rings. The molecule has 1 aromatic heterocycles. The van der Waals surface area contributed by atoms with Crippen LogP contribution in [0, 0.1) is 0 Å². The highest BCUT2D eigenvalue weighted by Crippen LogP contribution is 2.39. The maximum atomic E-state index is 12.8. The molecule has 1 heterocycles. The normalized spacial score (nSPS) is 12.5. The van der Waals surface area contributed by atoms with E-state index in [1.165, 1.54) is 40.3 Å². The summed E-state index contributed by atoms with van der Waals surface area (Å²) in [4.78, 5) is 17.5. The number of anilines is 1. The zero-order valence-corrected chi connectivity index (χ0v) is 16.4. The van der Waals surface area contributed by atoms with Crippen molar-refractivity contribution in [3.8, 4) is 11.5 Å². The number of hydrogen-bond donors (Lipinski definition) is 1. The van der Waals surface area contributed by atoms with Gasteiger partial charge in [-0.25, -0.2) is 4.98 Å². The number of carbonyl (C=O) groups excluding carboxylic acids is 1. The number of methoxy groups -OCH3 is 2. The molecule has 1 aliphatic rings. The lowest BCUT2D eigenvalue weighted by atomic mass is 10.0. The number of thiazole rings is 1.